The van der Waals surface area contributed by atoms with Gasteiger partial charge in [0.1, 0.15) is 0 Å². The average Bonchev–Trinajstić information content (AvgIpc) is 2.72. The fourth-order valence-corrected chi connectivity index (χ4v) is 2.54. The lowest BCUT2D eigenvalue weighted by molar-refractivity contribution is -0.117. The van der Waals surface area contributed by atoms with E-state index in [0.717, 1.165) is 11.3 Å². The Bertz CT molecular complexity index is 516. The first kappa shape index (κ1) is 13.9. The van der Waals surface area contributed by atoms with Crippen LogP contribution in [-0.2, 0) is 9.59 Å². The number of nitrogens with one attached hydrogen (secondary N) is 1. The Balaban J connectivity index is 2.35. The number of benzene rings is 1. The third-order valence-corrected chi connectivity index (χ3v) is 3.73. The lowest BCUT2D eigenvalue weighted by Gasteiger charge is -2.21. The van der Waals surface area contributed by atoms with Crippen LogP contribution >= 0.6 is 12.6 Å². The standard InChI is InChI=1S/C14H18N2O2S/c1-9-3-4-12(15-10(2)17)13(5-9)16-7-11(8-19)6-14(16)18/h3-5,11,19H,6-8H2,1-2H3,(H,15,17). The molecule has 19 heavy (non-hydrogen) atoms. The van der Waals surface area contributed by atoms with Gasteiger partial charge in [-0.25, -0.2) is 0 Å². The quantitative estimate of drug-likeness (QED) is 0.833. The van der Waals surface area contributed by atoms with E-state index in [9.17, 15) is 9.59 Å². The van der Waals surface area contributed by atoms with Gasteiger partial charge in [-0.15, -0.1) is 0 Å². The van der Waals surface area contributed by atoms with E-state index in [1.165, 1.54) is 6.92 Å². The summed E-state index contributed by atoms with van der Waals surface area (Å²) in [5, 5.41) is 2.78. The zero-order valence-electron chi connectivity index (χ0n) is 11.1. The van der Waals surface area contributed by atoms with Gasteiger partial charge in [-0.05, 0) is 36.3 Å². The molecule has 5 heteroatoms. The monoisotopic (exact) mass is 278 g/mol. The minimum Gasteiger partial charge on any atom is -0.325 e. The molecular formula is C14H18N2O2S. The van der Waals surface area contributed by atoms with Crippen molar-refractivity contribution in [3.63, 3.8) is 0 Å². The summed E-state index contributed by atoms with van der Waals surface area (Å²) >= 11 is 4.26. The first-order valence-electron chi connectivity index (χ1n) is 6.30. The van der Waals surface area contributed by atoms with Crippen molar-refractivity contribution in [1.29, 1.82) is 0 Å². The number of amides is 2. The number of carbonyl (C=O) groups is 2. The third kappa shape index (κ3) is 3.10. The average molecular weight is 278 g/mol. The van der Waals surface area contributed by atoms with Gasteiger partial charge in [0.15, 0.2) is 0 Å². The highest BCUT2D eigenvalue weighted by atomic mass is 32.1. The number of aryl methyl sites for hydroxylation is 1. The van der Waals surface area contributed by atoms with Crippen molar-refractivity contribution in [2.45, 2.75) is 20.3 Å². The van der Waals surface area contributed by atoms with Crippen molar-refractivity contribution in [1.82, 2.24) is 0 Å². The molecule has 1 N–H and O–H groups in total. The maximum Gasteiger partial charge on any atom is 0.227 e. The lowest BCUT2D eigenvalue weighted by atomic mass is 10.1. The summed E-state index contributed by atoms with van der Waals surface area (Å²) < 4.78 is 0. The molecule has 1 saturated heterocycles. The highest BCUT2D eigenvalue weighted by Gasteiger charge is 2.31. The van der Waals surface area contributed by atoms with Gasteiger partial charge in [0.25, 0.3) is 0 Å². The van der Waals surface area contributed by atoms with Gasteiger partial charge in [0.05, 0.1) is 11.4 Å². The van der Waals surface area contributed by atoms with E-state index < -0.39 is 0 Å². The summed E-state index contributed by atoms with van der Waals surface area (Å²) in [6, 6.07) is 5.70. The van der Waals surface area contributed by atoms with E-state index in [0.29, 0.717) is 24.4 Å². The Morgan fingerprint density at radius 1 is 1.53 bits per heavy atom. The number of rotatable bonds is 3. The predicted molar refractivity (Wildman–Crippen MR) is 79.8 cm³/mol. The van der Waals surface area contributed by atoms with Gasteiger partial charge < -0.3 is 10.2 Å². The van der Waals surface area contributed by atoms with Crippen LogP contribution in [0.15, 0.2) is 18.2 Å². The normalized spacial score (nSPS) is 18.8. The van der Waals surface area contributed by atoms with Gasteiger partial charge in [-0.3, -0.25) is 9.59 Å². The largest absolute Gasteiger partial charge is 0.325 e. The van der Waals surface area contributed by atoms with Crippen molar-refractivity contribution >= 4 is 35.8 Å². The highest BCUT2D eigenvalue weighted by molar-refractivity contribution is 7.80. The number of hydrogen-bond acceptors (Lipinski definition) is 3. The van der Waals surface area contributed by atoms with Gasteiger partial charge in [-0.2, -0.15) is 12.6 Å². The smallest absolute Gasteiger partial charge is 0.227 e. The van der Waals surface area contributed by atoms with E-state index in [1.807, 2.05) is 25.1 Å². The van der Waals surface area contributed by atoms with E-state index in [2.05, 4.69) is 17.9 Å². The van der Waals surface area contributed by atoms with Gasteiger partial charge in [0.2, 0.25) is 11.8 Å². The molecule has 1 heterocycles. The maximum absolute atomic E-state index is 12.1. The molecule has 1 aromatic rings. The van der Waals surface area contributed by atoms with Crippen LogP contribution in [0.2, 0.25) is 0 Å². The van der Waals surface area contributed by atoms with E-state index in [4.69, 9.17) is 0 Å². The summed E-state index contributed by atoms with van der Waals surface area (Å²) in [6.45, 7) is 4.10. The van der Waals surface area contributed by atoms with Crippen LogP contribution in [0.25, 0.3) is 0 Å². The summed E-state index contributed by atoms with van der Waals surface area (Å²) in [7, 11) is 0. The number of anilines is 2. The van der Waals surface area contributed by atoms with E-state index >= 15 is 0 Å². The molecule has 1 aromatic carbocycles. The minimum atomic E-state index is -0.137. The summed E-state index contributed by atoms with van der Waals surface area (Å²) in [4.78, 5) is 25.1. The molecule has 4 nitrogen and oxygen atoms in total. The Hall–Kier alpha value is -1.49. The Labute approximate surface area is 118 Å². The summed E-state index contributed by atoms with van der Waals surface area (Å²) in [5.41, 5.74) is 2.53. The second-order valence-corrected chi connectivity index (χ2v) is 5.32. The van der Waals surface area contributed by atoms with Crippen molar-refractivity contribution in [2.24, 2.45) is 5.92 Å². The second kappa shape index (κ2) is 5.65. The lowest BCUT2D eigenvalue weighted by Crippen LogP contribution is -2.26. The summed E-state index contributed by atoms with van der Waals surface area (Å²) in [5.74, 6) is 0.934. The maximum atomic E-state index is 12.1. The van der Waals surface area contributed by atoms with Crippen molar-refractivity contribution in [3.8, 4) is 0 Å². The van der Waals surface area contributed by atoms with E-state index in [-0.39, 0.29) is 17.7 Å². The first-order chi connectivity index (χ1) is 9.01. The Morgan fingerprint density at radius 2 is 2.26 bits per heavy atom. The SMILES string of the molecule is CC(=O)Nc1ccc(C)cc1N1CC(CS)CC1=O. The van der Waals surface area contributed by atoms with Crippen LogP contribution < -0.4 is 10.2 Å². The predicted octanol–water partition coefficient (Wildman–Crippen LogP) is 2.24. The Morgan fingerprint density at radius 3 is 2.84 bits per heavy atom. The van der Waals surface area contributed by atoms with Crippen LogP contribution in [0.4, 0.5) is 11.4 Å². The van der Waals surface area contributed by atoms with Crippen LogP contribution in [0.1, 0.15) is 18.9 Å². The molecule has 1 fully saturated rings. The van der Waals surface area contributed by atoms with Crippen LogP contribution in [0.5, 0.6) is 0 Å². The molecule has 0 spiro atoms. The molecule has 1 aliphatic rings. The molecule has 2 rings (SSSR count). The molecule has 1 atom stereocenters. The zero-order chi connectivity index (χ0) is 14.0. The molecule has 1 unspecified atom stereocenters. The molecular weight excluding hydrogens is 260 g/mol. The fraction of sp³-hybridized carbons (Fsp3) is 0.429. The fourth-order valence-electron chi connectivity index (χ4n) is 2.30. The zero-order valence-corrected chi connectivity index (χ0v) is 12.0. The third-order valence-electron chi connectivity index (χ3n) is 3.22. The van der Waals surface area contributed by atoms with Gasteiger partial charge in [0, 0.05) is 19.9 Å². The van der Waals surface area contributed by atoms with Crippen LogP contribution in [-0.4, -0.2) is 24.1 Å². The number of carbonyl (C=O) groups excluding carboxylic acids is 2. The molecule has 0 aliphatic carbocycles. The second-order valence-electron chi connectivity index (χ2n) is 4.96. The molecule has 1 aliphatic heterocycles. The molecule has 0 aromatic heterocycles. The number of nitrogens with zero attached hydrogens (tertiary/aromatic N) is 1. The molecule has 0 radical (unpaired) electrons. The van der Waals surface area contributed by atoms with Crippen molar-refractivity contribution < 1.29 is 9.59 Å². The van der Waals surface area contributed by atoms with Crippen LogP contribution in [0, 0.1) is 12.8 Å². The highest BCUT2D eigenvalue weighted by Crippen LogP contribution is 2.32. The topological polar surface area (TPSA) is 49.4 Å². The van der Waals surface area contributed by atoms with E-state index in [1.54, 1.807) is 4.90 Å². The molecule has 102 valence electrons. The Kier molecular flexibility index (Phi) is 4.14. The van der Waals surface area contributed by atoms with Crippen LogP contribution in [0.3, 0.4) is 0 Å². The van der Waals surface area contributed by atoms with Crippen molar-refractivity contribution in [2.75, 3.05) is 22.5 Å². The van der Waals surface area contributed by atoms with Gasteiger partial charge >= 0.3 is 0 Å². The number of thiol groups is 1. The minimum absolute atomic E-state index is 0.0938. The molecule has 0 saturated carbocycles. The summed E-state index contributed by atoms with van der Waals surface area (Å²) in [6.07, 6.45) is 0.525. The van der Waals surface area contributed by atoms with Crippen molar-refractivity contribution in [3.05, 3.63) is 23.8 Å². The number of hydrogen-bond donors (Lipinski definition) is 2. The first-order valence-corrected chi connectivity index (χ1v) is 6.94. The molecule has 0 bridgehead atoms. The molecule has 2 amide bonds. The van der Waals surface area contributed by atoms with Gasteiger partial charge in [-0.1, -0.05) is 6.07 Å².